The van der Waals surface area contributed by atoms with E-state index in [1.807, 2.05) is 0 Å². The van der Waals surface area contributed by atoms with E-state index in [9.17, 15) is 13.2 Å². The molecule has 1 saturated heterocycles. The maximum absolute atomic E-state index is 13.0. The molecule has 0 bridgehead atoms. The third-order valence-corrected chi connectivity index (χ3v) is 7.22. The first kappa shape index (κ1) is 21.4. The Morgan fingerprint density at radius 3 is 2.48 bits per heavy atom. The summed E-state index contributed by atoms with van der Waals surface area (Å²) in [7, 11) is -3.85. The molecule has 1 aromatic carbocycles. The van der Waals surface area contributed by atoms with E-state index >= 15 is 0 Å². The zero-order chi connectivity index (χ0) is 23.0. The molecule has 1 amide bonds. The van der Waals surface area contributed by atoms with Crippen LogP contribution in [0.2, 0.25) is 5.02 Å². The lowest BCUT2D eigenvalue weighted by molar-refractivity contribution is 0.0684. The van der Waals surface area contributed by atoms with Gasteiger partial charge in [0.25, 0.3) is 15.9 Å². The summed E-state index contributed by atoms with van der Waals surface area (Å²) in [5, 5.41) is 8.34. The summed E-state index contributed by atoms with van der Waals surface area (Å²) in [6, 6.07) is 8.45. The molecule has 5 rings (SSSR count). The van der Waals surface area contributed by atoms with Crippen molar-refractivity contribution < 1.29 is 13.2 Å². The Bertz CT molecular complexity index is 1420. The second-order valence-corrected chi connectivity index (χ2v) is 9.59. The number of H-pyrrole nitrogens is 1. The number of halogens is 1. The van der Waals surface area contributed by atoms with E-state index in [0.717, 1.165) is 5.56 Å². The van der Waals surface area contributed by atoms with Gasteiger partial charge in [-0.1, -0.05) is 11.6 Å². The van der Waals surface area contributed by atoms with Gasteiger partial charge in [0.15, 0.2) is 0 Å². The number of aromatic amines is 1. The van der Waals surface area contributed by atoms with Gasteiger partial charge in [-0.05, 0) is 30.3 Å². The highest BCUT2D eigenvalue weighted by Gasteiger charge is 2.33. The van der Waals surface area contributed by atoms with Crippen molar-refractivity contribution in [1.82, 2.24) is 39.3 Å². The Balaban J connectivity index is 1.26. The van der Waals surface area contributed by atoms with E-state index in [4.69, 9.17) is 11.6 Å². The van der Waals surface area contributed by atoms with Crippen LogP contribution in [-0.4, -0.2) is 79.8 Å². The lowest BCUT2D eigenvalue weighted by atomic mass is 10.2. The Hall–Kier alpha value is -3.48. The fourth-order valence-electron chi connectivity index (χ4n) is 3.50. The van der Waals surface area contributed by atoms with Gasteiger partial charge >= 0.3 is 0 Å². The summed E-state index contributed by atoms with van der Waals surface area (Å²) in [6.07, 6.45) is 4.73. The summed E-state index contributed by atoms with van der Waals surface area (Å²) in [5.41, 5.74) is 2.36. The summed E-state index contributed by atoms with van der Waals surface area (Å²) in [6.45, 7) is 0.627. The van der Waals surface area contributed by atoms with Gasteiger partial charge in [0, 0.05) is 49.2 Å². The standard InChI is InChI=1S/C20H17ClN8O3S/c21-14-1-2-15-16(11-14)25-20(24-15)33(31,32)29-9-7-28(8-10-29)19(30)18-23-12-17(26-27-18)13-3-5-22-6-4-13/h1-6,11-12H,7-10H2,(H,24,25). The Morgan fingerprint density at radius 1 is 1.03 bits per heavy atom. The highest BCUT2D eigenvalue weighted by molar-refractivity contribution is 7.89. The van der Waals surface area contributed by atoms with Gasteiger partial charge in [0.2, 0.25) is 11.0 Å². The van der Waals surface area contributed by atoms with E-state index in [-0.39, 0.29) is 37.2 Å². The molecule has 1 aliphatic heterocycles. The van der Waals surface area contributed by atoms with Crippen LogP contribution in [0.3, 0.4) is 0 Å². The summed E-state index contributed by atoms with van der Waals surface area (Å²) >= 11 is 5.96. The van der Waals surface area contributed by atoms with Crippen molar-refractivity contribution in [2.75, 3.05) is 26.2 Å². The molecule has 33 heavy (non-hydrogen) atoms. The monoisotopic (exact) mass is 484 g/mol. The van der Waals surface area contributed by atoms with E-state index in [1.165, 1.54) is 15.4 Å². The summed E-state index contributed by atoms with van der Waals surface area (Å²) < 4.78 is 27.3. The first-order valence-electron chi connectivity index (χ1n) is 9.97. The number of rotatable bonds is 4. The smallest absolute Gasteiger partial charge is 0.293 e. The van der Waals surface area contributed by atoms with Crippen molar-refractivity contribution >= 4 is 38.6 Å². The maximum atomic E-state index is 13.0. The van der Waals surface area contributed by atoms with Gasteiger partial charge in [0.05, 0.1) is 17.2 Å². The second-order valence-electron chi connectivity index (χ2n) is 7.30. The van der Waals surface area contributed by atoms with Crippen LogP contribution in [0, 0.1) is 0 Å². The lowest BCUT2D eigenvalue weighted by Gasteiger charge is -2.32. The number of piperazine rings is 1. The summed E-state index contributed by atoms with van der Waals surface area (Å²) in [4.78, 5) is 29.4. The quantitative estimate of drug-likeness (QED) is 0.461. The number of carbonyl (C=O) groups excluding carboxylic acids is 1. The number of imidazole rings is 1. The predicted octanol–water partition coefficient (Wildman–Crippen LogP) is 1.61. The van der Waals surface area contributed by atoms with Gasteiger partial charge in [-0.2, -0.15) is 4.31 Å². The minimum absolute atomic E-state index is 0.0433. The zero-order valence-corrected chi connectivity index (χ0v) is 18.7. The number of aromatic nitrogens is 6. The molecule has 1 fully saturated rings. The number of fused-ring (bicyclic) bond motifs is 1. The molecule has 13 heteroatoms. The molecule has 3 aromatic heterocycles. The average Bonchev–Trinajstić information content (AvgIpc) is 3.28. The normalized spacial score (nSPS) is 15.1. The van der Waals surface area contributed by atoms with Crippen molar-refractivity contribution in [2.45, 2.75) is 5.16 Å². The lowest BCUT2D eigenvalue weighted by Crippen LogP contribution is -2.51. The number of hydrogen-bond acceptors (Lipinski definition) is 8. The van der Waals surface area contributed by atoms with E-state index in [1.54, 1.807) is 42.7 Å². The number of carbonyl (C=O) groups is 1. The molecular formula is C20H17ClN8O3S. The third kappa shape index (κ3) is 4.15. The molecular weight excluding hydrogens is 468 g/mol. The Kier molecular flexibility index (Phi) is 5.48. The van der Waals surface area contributed by atoms with E-state index in [0.29, 0.717) is 21.7 Å². The van der Waals surface area contributed by atoms with Crippen LogP contribution in [-0.2, 0) is 10.0 Å². The number of sulfonamides is 1. The molecule has 168 valence electrons. The van der Waals surface area contributed by atoms with Gasteiger partial charge < -0.3 is 9.88 Å². The van der Waals surface area contributed by atoms with Crippen molar-refractivity contribution in [3.63, 3.8) is 0 Å². The maximum Gasteiger partial charge on any atom is 0.293 e. The highest BCUT2D eigenvalue weighted by atomic mass is 35.5. The minimum atomic E-state index is -3.85. The predicted molar refractivity (Wildman–Crippen MR) is 119 cm³/mol. The fourth-order valence-corrected chi connectivity index (χ4v) is 5.02. The fraction of sp³-hybridized carbons (Fsp3) is 0.200. The first-order chi connectivity index (χ1) is 15.9. The topological polar surface area (TPSA) is 138 Å². The van der Waals surface area contributed by atoms with Crippen LogP contribution >= 0.6 is 11.6 Å². The summed E-state index contributed by atoms with van der Waals surface area (Å²) in [5.74, 6) is -0.447. The molecule has 0 atom stereocenters. The molecule has 0 radical (unpaired) electrons. The molecule has 0 saturated carbocycles. The molecule has 0 aliphatic carbocycles. The number of benzene rings is 1. The second kappa shape index (κ2) is 8.46. The van der Waals surface area contributed by atoms with Gasteiger partial charge in [0.1, 0.15) is 5.69 Å². The van der Waals surface area contributed by atoms with Crippen LogP contribution in [0.15, 0.2) is 54.1 Å². The third-order valence-electron chi connectivity index (χ3n) is 5.26. The zero-order valence-electron chi connectivity index (χ0n) is 17.1. The Labute approximate surface area is 193 Å². The van der Waals surface area contributed by atoms with Crippen LogP contribution in [0.4, 0.5) is 0 Å². The molecule has 11 nitrogen and oxygen atoms in total. The van der Waals surface area contributed by atoms with E-state index < -0.39 is 15.9 Å². The van der Waals surface area contributed by atoms with Crippen LogP contribution in [0.25, 0.3) is 22.3 Å². The number of hydrogen-bond donors (Lipinski definition) is 1. The van der Waals surface area contributed by atoms with Crippen molar-refractivity contribution in [3.8, 4) is 11.3 Å². The number of pyridine rings is 1. The number of amides is 1. The average molecular weight is 485 g/mol. The van der Waals surface area contributed by atoms with Crippen LogP contribution in [0.1, 0.15) is 10.6 Å². The van der Waals surface area contributed by atoms with Crippen molar-refractivity contribution in [2.24, 2.45) is 0 Å². The molecule has 1 N–H and O–H groups in total. The SMILES string of the molecule is O=C(c1ncc(-c2ccncc2)nn1)N1CCN(S(=O)(=O)c2nc3ccc(Cl)cc3[nH]2)CC1. The highest BCUT2D eigenvalue weighted by Crippen LogP contribution is 2.22. The Morgan fingerprint density at radius 2 is 1.79 bits per heavy atom. The molecule has 4 heterocycles. The molecule has 0 unspecified atom stereocenters. The van der Waals surface area contributed by atoms with Gasteiger partial charge in [-0.25, -0.2) is 18.4 Å². The van der Waals surface area contributed by atoms with E-state index in [2.05, 4.69) is 30.1 Å². The van der Waals surface area contributed by atoms with Crippen LogP contribution < -0.4 is 0 Å². The van der Waals surface area contributed by atoms with Gasteiger partial charge in [-0.15, -0.1) is 10.2 Å². The molecule has 4 aromatic rings. The first-order valence-corrected chi connectivity index (χ1v) is 11.8. The number of nitrogens with one attached hydrogen (secondary N) is 1. The molecule has 1 aliphatic rings. The minimum Gasteiger partial charge on any atom is -0.333 e. The largest absolute Gasteiger partial charge is 0.333 e. The number of nitrogens with zero attached hydrogens (tertiary/aromatic N) is 7. The van der Waals surface area contributed by atoms with Crippen LogP contribution in [0.5, 0.6) is 0 Å². The van der Waals surface area contributed by atoms with Gasteiger partial charge in [-0.3, -0.25) is 9.78 Å². The van der Waals surface area contributed by atoms with Crippen molar-refractivity contribution in [1.29, 1.82) is 0 Å². The molecule has 0 spiro atoms. The van der Waals surface area contributed by atoms with Crippen molar-refractivity contribution in [3.05, 3.63) is 59.8 Å².